The highest BCUT2D eigenvalue weighted by molar-refractivity contribution is 7.93. The first-order chi connectivity index (χ1) is 11.4. The van der Waals surface area contributed by atoms with E-state index in [0.717, 1.165) is 17.1 Å². The van der Waals surface area contributed by atoms with Crippen LogP contribution >= 0.6 is 46.3 Å². The molecule has 0 unspecified atom stereocenters. The second-order valence-electron chi connectivity index (χ2n) is 4.59. The molecule has 0 amide bonds. The first-order valence-corrected chi connectivity index (χ1v) is 9.82. The Morgan fingerprint density at radius 3 is 2.25 bits per heavy atom. The smallest absolute Gasteiger partial charge is 0.253 e. The average molecular weight is 421 g/mol. The second-order valence-corrected chi connectivity index (χ2v) is 8.22. The third kappa shape index (κ3) is 3.65. The van der Waals surface area contributed by atoms with Gasteiger partial charge in [0.2, 0.25) is 5.13 Å². The van der Waals surface area contributed by atoms with E-state index in [0.29, 0.717) is 5.82 Å². The zero-order valence-electron chi connectivity index (χ0n) is 11.7. The molecule has 1 N–H and O–H groups in total. The molecule has 0 fully saturated rings. The Morgan fingerprint density at radius 2 is 1.62 bits per heavy atom. The fourth-order valence-corrected chi connectivity index (χ4v) is 5.28. The highest BCUT2D eigenvalue weighted by Gasteiger charge is 2.24. The summed E-state index contributed by atoms with van der Waals surface area (Å²) in [7, 11) is -4.02. The van der Waals surface area contributed by atoms with E-state index in [1.165, 1.54) is 12.1 Å². The minimum atomic E-state index is -4.02. The molecule has 3 rings (SSSR count). The van der Waals surface area contributed by atoms with E-state index in [4.69, 9.17) is 34.8 Å². The van der Waals surface area contributed by atoms with Crippen LogP contribution < -0.4 is 4.72 Å². The Bertz CT molecular complexity index is 969. The maximum Gasteiger partial charge on any atom is 0.266 e. The van der Waals surface area contributed by atoms with Gasteiger partial charge in [0.05, 0.1) is 10.0 Å². The second kappa shape index (κ2) is 6.85. The summed E-state index contributed by atoms with van der Waals surface area (Å²) in [5.41, 5.74) is 0.779. The van der Waals surface area contributed by atoms with Crippen molar-refractivity contribution < 1.29 is 8.42 Å². The summed E-state index contributed by atoms with van der Waals surface area (Å²) < 4.78 is 31.5. The number of hydrogen-bond donors (Lipinski definition) is 1. The Hall–Kier alpha value is -1.38. The van der Waals surface area contributed by atoms with Crippen LogP contribution in [-0.4, -0.2) is 17.8 Å². The molecule has 0 atom stereocenters. The predicted octanol–water partition coefficient (Wildman–Crippen LogP) is 4.97. The van der Waals surface area contributed by atoms with Gasteiger partial charge in [-0.25, -0.2) is 8.42 Å². The zero-order chi connectivity index (χ0) is 17.3. The van der Waals surface area contributed by atoms with Crippen molar-refractivity contribution in [1.29, 1.82) is 0 Å². The number of aromatic nitrogens is 2. The van der Waals surface area contributed by atoms with Crippen molar-refractivity contribution in [2.45, 2.75) is 4.90 Å². The van der Waals surface area contributed by atoms with Gasteiger partial charge in [-0.15, -0.1) is 0 Å². The molecule has 0 bridgehead atoms. The molecular weight excluding hydrogens is 413 g/mol. The lowest BCUT2D eigenvalue weighted by Crippen LogP contribution is -2.14. The van der Waals surface area contributed by atoms with E-state index in [9.17, 15) is 8.42 Å². The molecular formula is C14H8Cl3N3O2S2. The highest BCUT2D eigenvalue weighted by Crippen LogP contribution is 2.34. The van der Waals surface area contributed by atoms with Crippen molar-refractivity contribution in [2.24, 2.45) is 0 Å². The molecule has 0 aliphatic rings. The van der Waals surface area contributed by atoms with Crippen LogP contribution in [0.2, 0.25) is 15.1 Å². The van der Waals surface area contributed by atoms with Crippen LogP contribution in [0, 0.1) is 0 Å². The normalized spacial score (nSPS) is 11.5. The molecule has 3 aromatic rings. The largest absolute Gasteiger partial charge is 0.266 e. The summed E-state index contributed by atoms with van der Waals surface area (Å²) in [5, 5.41) is 0.197. The number of anilines is 1. The SMILES string of the molecule is O=S(=O)(Nc1nc(-c2ccccc2)ns1)c1c(Cl)cc(Cl)cc1Cl. The molecule has 1 aromatic heterocycles. The van der Waals surface area contributed by atoms with E-state index in [1.807, 2.05) is 30.3 Å². The van der Waals surface area contributed by atoms with Gasteiger partial charge in [-0.3, -0.25) is 4.72 Å². The topological polar surface area (TPSA) is 72.0 Å². The Balaban J connectivity index is 1.93. The predicted molar refractivity (Wildman–Crippen MR) is 97.6 cm³/mol. The van der Waals surface area contributed by atoms with Crippen molar-refractivity contribution in [3.63, 3.8) is 0 Å². The molecule has 0 saturated heterocycles. The quantitative estimate of drug-likeness (QED) is 0.647. The maximum atomic E-state index is 12.5. The van der Waals surface area contributed by atoms with Crippen molar-refractivity contribution in [3.05, 3.63) is 57.5 Å². The van der Waals surface area contributed by atoms with Gasteiger partial charge >= 0.3 is 0 Å². The van der Waals surface area contributed by atoms with Gasteiger partial charge in [-0.2, -0.15) is 9.36 Å². The molecule has 0 radical (unpaired) electrons. The van der Waals surface area contributed by atoms with Gasteiger partial charge in [-0.1, -0.05) is 65.1 Å². The van der Waals surface area contributed by atoms with Crippen LogP contribution in [0.3, 0.4) is 0 Å². The minimum Gasteiger partial charge on any atom is -0.253 e. The molecule has 2 aromatic carbocycles. The monoisotopic (exact) mass is 419 g/mol. The number of benzene rings is 2. The van der Waals surface area contributed by atoms with E-state index in [-0.39, 0.29) is 25.1 Å². The van der Waals surface area contributed by atoms with Crippen molar-refractivity contribution >= 4 is 61.5 Å². The molecule has 1 heterocycles. The van der Waals surface area contributed by atoms with Gasteiger partial charge in [0.1, 0.15) is 4.90 Å². The van der Waals surface area contributed by atoms with Crippen LogP contribution in [-0.2, 0) is 10.0 Å². The third-order valence-corrected chi connectivity index (χ3v) is 6.15. The lowest BCUT2D eigenvalue weighted by Gasteiger charge is -2.09. The Morgan fingerprint density at radius 1 is 1.00 bits per heavy atom. The maximum absolute atomic E-state index is 12.5. The van der Waals surface area contributed by atoms with E-state index in [1.54, 1.807) is 0 Å². The fraction of sp³-hybridized carbons (Fsp3) is 0. The summed E-state index contributed by atoms with van der Waals surface area (Å²) in [5.74, 6) is 0.423. The zero-order valence-corrected chi connectivity index (χ0v) is 15.6. The molecule has 10 heteroatoms. The molecule has 0 saturated carbocycles. The number of hydrogen-bond acceptors (Lipinski definition) is 5. The van der Waals surface area contributed by atoms with Gasteiger partial charge < -0.3 is 0 Å². The first-order valence-electron chi connectivity index (χ1n) is 6.43. The van der Waals surface area contributed by atoms with Crippen LogP contribution in [0.4, 0.5) is 5.13 Å². The van der Waals surface area contributed by atoms with Gasteiger partial charge in [0.25, 0.3) is 10.0 Å². The number of sulfonamides is 1. The lowest BCUT2D eigenvalue weighted by atomic mass is 10.2. The number of nitrogens with one attached hydrogen (secondary N) is 1. The molecule has 124 valence electrons. The van der Waals surface area contributed by atoms with Crippen LogP contribution in [0.5, 0.6) is 0 Å². The van der Waals surface area contributed by atoms with Gasteiger partial charge in [0.15, 0.2) is 5.82 Å². The standard InChI is InChI=1S/C14H8Cl3N3O2S2/c15-9-6-10(16)12(11(17)7-9)24(21,22)20-14-18-13(19-23-14)8-4-2-1-3-5-8/h1-7H,(H,18,19,20). The number of nitrogens with zero attached hydrogens (tertiary/aromatic N) is 2. The summed E-state index contributed by atoms with van der Waals surface area (Å²) >= 11 is 18.6. The van der Waals surface area contributed by atoms with Crippen LogP contribution in [0.15, 0.2) is 47.4 Å². The minimum absolute atomic E-state index is 0.0761. The highest BCUT2D eigenvalue weighted by atomic mass is 35.5. The van der Waals surface area contributed by atoms with E-state index < -0.39 is 10.0 Å². The Labute approximate surface area is 157 Å². The average Bonchev–Trinajstić information content (AvgIpc) is 2.94. The molecule has 0 aliphatic carbocycles. The van der Waals surface area contributed by atoms with Crippen LogP contribution in [0.1, 0.15) is 0 Å². The number of rotatable bonds is 4. The van der Waals surface area contributed by atoms with Crippen molar-refractivity contribution in [1.82, 2.24) is 9.36 Å². The summed E-state index contributed by atoms with van der Waals surface area (Å²) in [4.78, 5) is 3.92. The van der Waals surface area contributed by atoms with E-state index >= 15 is 0 Å². The van der Waals surface area contributed by atoms with Gasteiger partial charge in [0, 0.05) is 22.1 Å². The lowest BCUT2D eigenvalue weighted by molar-refractivity contribution is 0.601. The van der Waals surface area contributed by atoms with Crippen LogP contribution in [0.25, 0.3) is 11.4 Å². The van der Waals surface area contributed by atoms with Crippen molar-refractivity contribution in [2.75, 3.05) is 4.72 Å². The molecule has 24 heavy (non-hydrogen) atoms. The molecule has 0 aliphatic heterocycles. The van der Waals surface area contributed by atoms with Crippen molar-refractivity contribution in [3.8, 4) is 11.4 Å². The summed E-state index contributed by atoms with van der Waals surface area (Å²) in [6, 6.07) is 11.8. The third-order valence-electron chi connectivity index (χ3n) is 2.91. The van der Waals surface area contributed by atoms with Gasteiger partial charge in [-0.05, 0) is 12.1 Å². The summed E-state index contributed by atoms with van der Waals surface area (Å²) in [6.45, 7) is 0. The molecule has 5 nitrogen and oxygen atoms in total. The summed E-state index contributed by atoms with van der Waals surface area (Å²) in [6.07, 6.45) is 0. The van der Waals surface area contributed by atoms with E-state index in [2.05, 4.69) is 14.1 Å². The Kier molecular flexibility index (Phi) is 4.98. The first kappa shape index (κ1) is 17.4. The fourth-order valence-electron chi connectivity index (χ4n) is 1.92. The number of halogens is 3. The molecule has 0 spiro atoms.